The van der Waals surface area contributed by atoms with E-state index in [0.717, 1.165) is 21.3 Å². The van der Waals surface area contributed by atoms with Crippen LogP contribution in [0.2, 0.25) is 0 Å². The van der Waals surface area contributed by atoms with Gasteiger partial charge in [-0.05, 0) is 42.3 Å². The number of rotatable bonds is 8. The average molecular weight is 590 g/mol. The maximum atomic E-state index is 13.7. The average Bonchev–Trinajstić information content (AvgIpc) is 3.01. The first-order valence-electron chi connectivity index (χ1n) is 13.7. The van der Waals surface area contributed by atoms with E-state index in [1.165, 1.54) is 15.9 Å². The molecule has 4 aromatic rings. The molecular weight excluding hydrogens is 554 g/mol. The normalized spacial score (nSPS) is 15.4. The van der Waals surface area contributed by atoms with Gasteiger partial charge in [0.15, 0.2) is 0 Å². The van der Waals surface area contributed by atoms with Gasteiger partial charge >= 0.3 is 5.69 Å². The van der Waals surface area contributed by atoms with Gasteiger partial charge in [0.25, 0.3) is 5.56 Å². The van der Waals surface area contributed by atoms with Gasteiger partial charge in [0, 0.05) is 33.2 Å². The molecule has 0 saturated carbocycles. The van der Waals surface area contributed by atoms with Gasteiger partial charge in [-0.25, -0.2) is 13.2 Å². The quantitative estimate of drug-likeness (QED) is 0.336. The zero-order chi connectivity index (χ0) is 30.0. The van der Waals surface area contributed by atoms with Gasteiger partial charge in [-0.15, -0.1) is 0 Å². The van der Waals surface area contributed by atoms with Crippen LogP contribution < -0.4 is 21.7 Å². The Morgan fingerprint density at radius 1 is 0.881 bits per heavy atom. The van der Waals surface area contributed by atoms with Crippen molar-refractivity contribution in [2.45, 2.75) is 24.4 Å². The van der Waals surface area contributed by atoms with Crippen LogP contribution in [-0.2, 0) is 23.6 Å². The topological polar surface area (TPSA) is 120 Å². The van der Waals surface area contributed by atoms with Crippen LogP contribution in [-0.4, -0.2) is 60.0 Å². The molecule has 10 nitrogen and oxygen atoms in total. The molecule has 42 heavy (non-hydrogen) atoms. The number of hydrogen-bond acceptors (Lipinski definition) is 7. The van der Waals surface area contributed by atoms with Crippen molar-refractivity contribution in [3.8, 4) is 5.75 Å². The minimum absolute atomic E-state index is 0.0856. The van der Waals surface area contributed by atoms with Gasteiger partial charge < -0.3 is 10.5 Å². The predicted molar refractivity (Wildman–Crippen MR) is 162 cm³/mol. The summed E-state index contributed by atoms with van der Waals surface area (Å²) in [7, 11) is -0.655. The summed E-state index contributed by atoms with van der Waals surface area (Å²) in [5, 5.41) is 0. The van der Waals surface area contributed by atoms with E-state index in [4.69, 9.17) is 10.5 Å². The van der Waals surface area contributed by atoms with Crippen LogP contribution in [0.1, 0.15) is 28.3 Å². The van der Waals surface area contributed by atoms with E-state index in [-0.39, 0.29) is 35.9 Å². The number of sulfonamides is 1. The molecular formula is C31H35N5O5S. The molecule has 0 spiro atoms. The van der Waals surface area contributed by atoms with E-state index < -0.39 is 27.3 Å². The Bertz CT molecular complexity index is 1780. The summed E-state index contributed by atoms with van der Waals surface area (Å²) in [6.45, 7) is 3.27. The van der Waals surface area contributed by atoms with Gasteiger partial charge in [-0.3, -0.25) is 18.8 Å². The van der Waals surface area contributed by atoms with Crippen molar-refractivity contribution in [1.29, 1.82) is 0 Å². The Morgan fingerprint density at radius 2 is 1.50 bits per heavy atom. The van der Waals surface area contributed by atoms with Gasteiger partial charge in [-0.2, -0.15) is 4.31 Å². The number of nitrogens with two attached hydrogens (primary N) is 1. The summed E-state index contributed by atoms with van der Waals surface area (Å²) in [5.41, 5.74) is 8.58. The summed E-state index contributed by atoms with van der Waals surface area (Å²) in [6.07, 6.45) is 0. The van der Waals surface area contributed by atoms with Crippen molar-refractivity contribution in [2.24, 2.45) is 7.05 Å². The molecule has 0 unspecified atom stereocenters. The van der Waals surface area contributed by atoms with Crippen molar-refractivity contribution in [2.75, 3.05) is 39.0 Å². The molecule has 2 heterocycles. The lowest BCUT2D eigenvalue weighted by atomic mass is 9.97. The Balaban J connectivity index is 1.55. The SMILES string of the molecule is COc1ccc([C@H](c2c(N)n(Cc3ccccc3)c(=O)n(C)c2=O)N2CCN(S(=O)(=O)c3ccc(C)cc3)CC2)cc1. The zero-order valence-corrected chi connectivity index (χ0v) is 24.8. The number of ether oxygens (including phenoxy) is 1. The summed E-state index contributed by atoms with van der Waals surface area (Å²) in [6, 6.07) is 23.0. The molecule has 2 N–H and O–H groups in total. The molecule has 220 valence electrons. The lowest BCUT2D eigenvalue weighted by molar-refractivity contribution is 0.154. The first kappa shape index (κ1) is 29.3. The number of anilines is 1. The Morgan fingerprint density at radius 3 is 2.10 bits per heavy atom. The molecule has 1 aliphatic heterocycles. The number of aromatic nitrogens is 2. The first-order chi connectivity index (χ1) is 20.1. The van der Waals surface area contributed by atoms with Gasteiger partial charge in [-0.1, -0.05) is 60.2 Å². The Kier molecular flexibility index (Phi) is 8.35. The zero-order valence-electron chi connectivity index (χ0n) is 23.9. The van der Waals surface area contributed by atoms with Crippen LogP contribution in [0.25, 0.3) is 0 Å². The molecule has 1 saturated heterocycles. The van der Waals surface area contributed by atoms with Gasteiger partial charge in [0.05, 0.1) is 30.2 Å². The standard InChI is InChI=1S/C31H35N5O5S/c1-22-9-15-26(16-10-22)42(39,40)35-19-17-34(18-20-35)28(24-11-13-25(41-3)14-12-24)27-29(32)36(31(38)33(2)30(27)37)21-23-7-5-4-6-8-23/h4-16,28H,17-21,32H2,1-3H3/t28-/m1/s1. The lowest BCUT2D eigenvalue weighted by Crippen LogP contribution is -2.51. The second-order valence-corrected chi connectivity index (χ2v) is 12.4. The highest BCUT2D eigenvalue weighted by Gasteiger charge is 2.35. The lowest BCUT2D eigenvalue weighted by Gasteiger charge is -2.39. The molecule has 0 aliphatic carbocycles. The number of methoxy groups -OCH3 is 1. The molecule has 0 amide bonds. The molecule has 1 fully saturated rings. The van der Waals surface area contributed by atoms with Crippen molar-refractivity contribution in [3.05, 3.63) is 122 Å². The van der Waals surface area contributed by atoms with E-state index in [1.807, 2.05) is 54.3 Å². The monoisotopic (exact) mass is 589 g/mol. The molecule has 11 heteroatoms. The van der Waals surface area contributed by atoms with Crippen molar-refractivity contribution < 1.29 is 13.2 Å². The third-order valence-corrected chi connectivity index (χ3v) is 9.72. The summed E-state index contributed by atoms with van der Waals surface area (Å²) in [4.78, 5) is 29.3. The number of piperazine rings is 1. The molecule has 1 aromatic heterocycles. The maximum absolute atomic E-state index is 13.7. The maximum Gasteiger partial charge on any atom is 0.332 e. The minimum atomic E-state index is -3.68. The van der Waals surface area contributed by atoms with E-state index in [2.05, 4.69) is 0 Å². The molecule has 3 aromatic carbocycles. The molecule has 0 bridgehead atoms. The summed E-state index contributed by atoms with van der Waals surface area (Å²) >= 11 is 0. The fourth-order valence-corrected chi connectivity index (χ4v) is 6.81. The number of benzene rings is 3. The number of hydrogen-bond donors (Lipinski definition) is 1. The molecule has 5 rings (SSSR count). The van der Waals surface area contributed by atoms with Crippen molar-refractivity contribution in [3.63, 3.8) is 0 Å². The molecule has 1 atom stereocenters. The number of nitrogen functional groups attached to an aromatic ring is 1. The number of aryl methyl sites for hydroxylation is 1. The van der Waals surface area contributed by atoms with E-state index in [1.54, 1.807) is 43.5 Å². The summed E-state index contributed by atoms with van der Waals surface area (Å²) in [5.74, 6) is 0.740. The Labute approximate surface area is 245 Å². The summed E-state index contributed by atoms with van der Waals surface area (Å²) < 4.78 is 36.1. The third kappa shape index (κ3) is 5.63. The van der Waals surface area contributed by atoms with Crippen LogP contribution in [0.15, 0.2) is 93.3 Å². The number of nitrogens with zero attached hydrogens (tertiary/aromatic N) is 4. The highest BCUT2D eigenvalue weighted by molar-refractivity contribution is 7.89. The second-order valence-electron chi connectivity index (χ2n) is 10.4. The van der Waals surface area contributed by atoms with Crippen LogP contribution in [0.3, 0.4) is 0 Å². The van der Waals surface area contributed by atoms with E-state index in [0.29, 0.717) is 18.8 Å². The van der Waals surface area contributed by atoms with Crippen LogP contribution >= 0.6 is 0 Å². The third-order valence-electron chi connectivity index (χ3n) is 7.81. The van der Waals surface area contributed by atoms with Gasteiger partial charge in [0.2, 0.25) is 10.0 Å². The van der Waals surface area contributed by atoms with Crippen molar-refractivity contribution in [1.82, 2.24) is 18.3 Å². The highest BCUT2D eigenvalue weighted by atomic mass is 32.2. The van der Waals surface area contributed by atoms with E-state index in [9.17, 15) is 18.0 Å². The highest BCUT2D eigenvalue weighted by Crippen LogP contribution is 2.32. The smallest absolute Gasteiger partial charge is 0.332 e. The molecule has 1 aliphatic rings. The fraction of sp³-hybridized carbons (Fsp3) is 0.290. The largest absolute Gasteiger partial charge is 0.497 e. The second kappa shape index (κ2) is 12.0. The fourth-order valence-electron chi connectivity index (χ4n) is 5.39. The Hall–Kier alpha value is -4.19. The van der Waals surface area contributed by atoms with Crippen LogP contribution in [0, 0.1) is 6.92 Å². The molecule has 0 radical (unpaired) electrons. The van der Waals surface area contributed by atoms with Crippen LogP contribution in [0.4, 0.5) is 5.82 Å². The van der Waals surface area contributed by atoms with Crippen molar-refractivity contribution >= 4 is 15.8 Å². The first-order valence-corrected chi connectivity index (χ1v) is 15.1. The van der Waals surface area contributed by atoms with Crippen LogP contribution in [0.5, 0.6) is 5.75 Å². The van der Waals surface area contributed by atoms with E-state index >= 15 is 0 Å². The predicted octanol–water partition coefficient (Wildman–Crippen LogP) is 2.59. The van der Waals surface area contributed by atoms with Gasteiger partial charge in [0.1, 0.15) is 11.6 Å². The minimum Gasteiger partial charge on any atom is -0.497 e.